The summed E-state index contributed by atoms with van der Waals surface area (Å²) >= 11 is 11.0. The molecule has 1 aromatic heterocycles. The first-order chi connectivity index (χ1) is 9.10. The number of nitrogens with one attached hydrogen (secondary N) is 1. The van der Waals surface area contributed by atoms with Crippen LogP contribution in [0.1, 0.15) is 27.0 Å². The third kappa shape index (κ3) is 3.81. The second-order valence-electron chi connectivity index (χ2n) is 4.03. The second-order valence-corrected chi connectivity index (χ2v) is 6.57. The van der Waals surface area contributed by atoms with Crippen LogP contribution in [0.4, 0.5) is 0 Å². The highest BCUT2D eigenvalue weighted by molar-refractivity contribution is 9.10. The van der Waals surface area contributed by atoms with Gasteiger partial charge in [0.05, 0.1) is 12.1 Å². The molecular weight excluding hydrogens is 346 g/mol. The summed E-state index contributed by atoms with van der Waals surface area (Å²) in [5.74, 6) is -0.124. The number of thiophene rings is 1. The molecular formula is C14H13BrClNOS. The Morgan fingerprint density at radius 1 is 1.32 bits per heavy atom. The van der Waals surface area contributed by atoms with E-state index in [0.717, 1.165) is 15.8 Å². The number of hydrogen-bond acceptors (Lipinski definition) is 2. The summed E-state index contributed by atoms with van der Waals surface area (Å²) in [5, 5.41) is 3.46. The summed E-state index contributed by atoms with van der Waals surface area (Å²) in [6.07, 6.45) is 1.03. The maximum absolute atomic E-state index is 12.1. The molecule has 0 saturated heterocycles. The van der Waals surface area contributed by atoms with Crippen molar-refractivity contribution >= 4 is 44.8 Å². The molecule has 0 aliphatic carbocycles. The topological polar surface area (TPSA) is 29.1 Å². The highest BCUT2D eigenvalue weighted by Crippen LogP contribution is 2.21. The van der Waals surface area contributed by atoms with Crippen LogP contribution in [0.25, 0.3) is 0 Å². The first kappa shape index (κ1) is 14.6. The molecule has 1 aromatic carbocycles. The first-order valence-corrected chi connectivity index (χ1v) is 7.89. The van der Waals surface area contributed by atoms with Crippen LogP contribution in [0.3, 0.4) is 0 Å². The fraction of sp³-hybridized carbons (Fsp3) is 0.214. The van der Waals surface area contributed by atoms with Crippen molar-refractivity contribution in [3.05, 3.63) is 55.1 Å². The minimum absolute atomic E-state index is 0.124. The van der Waals surface area contributed by atoms with Gasteiger partial charge < -0.3 is 5.32 Å². The molecule has 2 rings (SSSR count). The molecule has 0 atom stereocenters. The molecule has 0 saturated carbocycles. The van der Waals surface area contributed by atoms with E-state index in [1.54, 1.807) is 29.5 Å². The third-order valence-corrected chi connectivity index (χ3v) is 4.82. The molecule has 0 unspecified atom stereocenters. The van der Waals surface area contributed by atoms with Crippen LogP contribution < -0.4 is 5.32 Å². The lowest BCUT2D eigenvalue weighted by Crippen LogP contribution is -2.22. The number of carbonyl (C=O) groups excluding carboxylic acids is 1. The molecule has 0 spiro atoms. The van der Waals surface area contributed by atoms with Crippen LogP contribution in [-0.2, 0) is 13.0 Å². The Morgan fingerprint density at radius 3 is 2.74 bits per heavy atom. The second kappa shape index (κ2) is 6.55. The van der Waals surface area contributed by atoms with Crippen LogP contribution in [0, 0.1) is 0 Å². The van der Waals surface area contributed by atoms with Crippen molar-refractivity contribution in [1.82, 2.24) is 5.32 Å². The lowest BCUT2D eigenvalue weighted by atomic mass is 10.2. The van der Waals surface area contributed by atoms with Gasteiger partial charge in [-0.3, -0.25) is 4.79 Å². The van der Waals surface area contributed by atoms with Crippen LogP contribution in [0.15, 0.2) is 34.8 Å². The number of amides is 1. The minimum atomic E-state index is -0.124. The van der Waals surface area contributed by atoms with Crippen LogP contribution >= 0.6 is 38.9 Å². The van der Waals surface area contributed by atoms with Crippen LogP contribution in [0.5, 0.6) is 0 Å². The maximum atomic E-state index is 12.1. The van der Waals surface area contributed by atoms with E-state index in [2.05, 4.69) is 40.3 Å². The van der Waals surface area contributed by atoms with Gasteiger partial charge in [0.25, 0.3) is 5.91 Å². The zero-order valence-electron chi connectivity index (χ0n) is 10.4. The van der Waals surface area contributed by atoms with E-state index in [4.69, 9.17) is 11.6 Å². The molecule has 0 aliphatic rings. The molecule has 0 fully saturated rings. The van der Waals surface area contributed by atoms with Crippen molar-refractivity contribution in [2.75, 3.05) is 0 Å². The summed E-state index contributed by atoms with van der Waals surface area (Å²) in [6.45, 7) is 2.67. The average Bonchev–Trinajstić information content (AvgIpc) is 2.87. The normalized spacial score (nSPS) is 10.5. The maximum Gasteiger partial charge on any atom is 0.252 e. The first-order valence-electron chi connectivity index (χ1n) is 5.91. The molecule has 0 radical (unpaired) electrons. The predicted molar refractivity (Wildman–Crippen MR) is 84.0 cm³/mol. The van der Waals surface area contributed by atoms with E-state index in [1.807, 2.05) is 0 Å². The average molecular weight is 359 g/mol. The van der Waals surface area contributed by atoms with Gasteiger partial charge in [0.2, 0.25) is 0 Å². The largest absolute Gasteiger partial charge is 0.347 e. The number of rotatable bonds is 4. The highest BCUT2D eigenvalue weighted by Gasteiger charge is 2.10. The standard InChI is InChI=1S/C14H13BrClNOS/c1-2-10-4-5-11(19-10)8-17-14(18)12-7-9(16)3-6-13(12)15/h3-7H,2,8H2,1H3,(H,17,18). The van der Waals surface area contributed by atoms with E-state index >= 15 is 0 Å². The van der Waals surface area contributed by atoms with Crippen molar-refractivity contribution < 1.29 is 4.79 Å². The van der Waals surface area contributed by atoms with Gasteiger partial charge in [-0.2, -0.15) is 0 Å². The third-order valence-electron chi connectivity index (χ3n) is 2.66. The summed E-state index contributed by atoms with van der Waals surface area (Å²) in [7, 11) is 0. The zero-order chi connectivity index (χ0) is 13.8. The number of carbonyl (C=O) groups is 1. The van der Waals surface area contributed by atoms with Gasteiger partial charge in [0.15, 0.2) is 0 Å². The number of benzene rings is 1. The van der Waals surface area contributed by atoms with Crippen molar-refractivity contribution in [2.24, 2.45) is 0 Å². The monoisotopic (exact) mass is 357 g/mol. The molecule has 0 bridgehead atoms. The zero-order valence-corrected chi connectivity index (χ0v) is 13.5. The van der Waals surface area contributed by atoms with E-state index in [0.29, 0.717) is 17.1 Å². The van der Waals surface area contributed by atoms with Crippen molar-refractivity contribution in [3.8, 4) is 0 Å². The smallest absolute Gasteiger partial charge is 0.252 e. The van der Waals surface area contributed by atoms with E-state index in [1.165, 1.54) is 4.88 Å². The molecule has 1 N–H and O–H groups in total. The summed E-state index contributed by atoms with van der Waals surface area (Å²) in [5.41, 5.74) is 0.555. The predicted octanol–water partition coefficient (Wildman–Crippen LogP) is 4.66. The van der Waals surface area contributed by atoms with Crippen LogP contribution in [-0.4, -0.2) is 5.91 Å². The van der Waals surface area contributed by atoms with Crippen molar-refractivity contribution in [2.45, 2.75) is 19.9 Å². The molecule has 19 heavy (non-hydrogen) atoms. The fourth-order valence-corrected chi connectivity index (χ4v) is 3.14. The Morgan fingerprint density at radius 2 is 2.05 bits per heavy atom. The Balaban J connectivity index is 2.03. The van der Waals surface area contributed by atoms with Gasteiger partial charge in [-0.15, -0.1) is 11.3 Å². The Kier molecular flexibility index (Phi) is 5.02. The molecule has 2 aromatic rings. The quantitative estimate of drug-likeness (QED) is 0.846. The number of halogens is 2. The molecule has 1 heterocycles. The van der Waals surface area contributed by atoms with Gasteiger partial charge >= 0.3 is 0 Å². The summed E-state index contributed by atoms with van der Waals surface area (Å²) < 4.78 is 0.745. The lowest BCUT2D eigenvalue weighted by molar-refractivity contribution is 0.0950. The Bertz CT molecular complexity index is 597. The lowest BCUT2D eigenvalue weighted by Gasteiger charge is -2.06. The van der Waals surface area contributed by atoms with E-state index in [9.17, 15) is 4.79 Å². The summed E-state index contributed by atoms with van der Waals surface area (Å²) in [6, 6.07) is 9.33. The molecule has 1 amide bonds. The van der Waals surface area contributed by atoms with Gasteiger partial charge in [-0.1, -0.05) is 18.5 Å². The molecule has 0 aliphatic heterocycles. The van der Waals surface area contributed by atoms with Gasteiger partial charge in [-0.05, 0) is 52.7 Å². The Labute approximate surface area is 129 Å². The Hall–Kier alpha value is -0.840. The fourth-order valence-electron chi connectivity index (χ4n) is 1.64. The van der Waals surface area contributed by atoms with E-state index < -0.39 is 0 Å². The number of aryl methyl sites for hydroxylation is 1. The van der Waals surface area contributed by atoms with Crippen molar-refractivity contribution in [3.63, 3.8) is 0 Å². The molecule has 5 heteroatoms. The molecule has 100 valence electrons. The minimum Gasteiger partial charge on any atom is -0.347 e. The van der Waals surface area contributed by atoms with Crippen molar-refractivity contribution in [1.29, 1.82) is 0 Å². The van der Waals surface area contributed by atoms with Gasteiger partial charge in [0.1, 0.15) is 0 Å². The number of hydrogen-bond donors (Lipinski definition) is 1. The molecule has 2 nitrogen and oxygen atoms in total. The van der Waals surface area contributed by atoms with E-state index in [-0.39, 0.29) is 5.91 Å². The highest BCUT2D eigenvalue weighted by atomic mass is 79.9. The van der Waals surface area contributed by atoms with Crippen LogP contribution in [0.2, 0.25) is 5.02 Å². The summed E-state index contributed by atoms with van der Waals surface area (Å²) in [4.78, 5) is 14.6. The SMILES string of the molecule is CCc1ccc(CNC(=O)c2cc(Cl)ccc2Br)s1. The van der Waals surface area contributed by atoms with Gasteiger partial charge in [-0.25, -0.2) is 0 Å². The van der Waals surface area contributed by atoms with Gasteiger partial charge in [0, 0.05) is 19.2 Å².